The van der Waals surface area contributed by atoms with Crippen molar-refractivity contribution >= 4 is 46.3 Å². The monoisotopic (exact) mass is 604 g/mol. The van der Waals surface area contributed by atoms with Gasteiger partial charge in [-0.15, -0.1) is 11.3 Å². The van der Waals surface area contributed by atoms with Crippen molar-refractivity contribution in [1.29, 1.82) is 0 Å². The highest BCUT2D eigenvalue weighted by atomic mass is 35.5. The van der Waals surface area contributed by atoms with Crippen molar-refractivity contribution in [3.8, 4) is 11.5 Å². The third kappa shape index (κ3) is 7.12. The fourth-order valence-electron chi connectivity index (χ4n) is 4.49. The molecule has 12 heteroatoms. The van der Waals surface area contributed by atoms with Gasteiger partial charge in [0, 0.05) is 40.6 Å². The molecule has 0 aliphatic carbocycles. The molecule has 5 rings (SSSR count). The van der Waals surface area contributed by atoms with E-state index in [-0.39, 0.29) is 48.8 Å². The van der Waals surface area contributed by atoms with E-state index in [1.54, 1.807) is 48.5 Å². The number of nitro benzene ring substituents is 1. The zero-order valence-electron chi connectivity index (χ0n) is 22.1. The lowest BCUT2D eigenvalue weighted by Gasteiger charge is -2.25. The lowest BCUT2D eigenvalue weighted by molar-refractivity contribution is -0.385. The second kappa shape index (κ2) is 12.8. The number of halogens is 1. The highest BCUT2D eigenvalue weighted by molar-refractivity contribution is 7.09. The quantitative estimate of drug-likeness (QED) is 0.232. The summed E-state index contributed by atoms with van der Waals surface area (Å²) in [5.41, 5.74) is 1.28. The molecule has 1 atom stereocenters. The fraction of sp³-hybridized carbons (Fsp3) is 0.167. The molecule has 0 radical (unpaired) electrons. The summed E-state index contributed by atoms with van der Waals surface area (Å²) < 4.78 is 5.91. The van der Waals surface area contributed by atoms with Gasteiger partial charge in [0.05, 0.1) is 11.5 Å². The molecule has 1 aliphatic rings. The summed E-state index contributed by atoms with van der Waals surface area (Å²) in [5.74, 6) is -1.31. The minimum Gasteiger partial charge on any atom is -0.450 e. The van der Waals surface area contributed by atoms with E-state index in [9.17, 15) is 24.5 Å². The summed E-state index contributed by atoms with van der Waals surface area (Å²) in [6, 6.07) is 20.3. The Bertz CT molecular complexity index is 1630. The van der Waals surface area contributed by atoms with Crippen LogP contribution in [0.2, 0.25) is 5.02 Å². The molecule has 0 saturated heterocycles. The van der Waals surface area contributed by atoms with Gasteiger partial charge in [0.25, 0.3) is 5.91 Å². The zero-order valence-corrected chi connectivity index (χ0v) is 23.7. The standard InChI is InChI=1S/C30H25ClN4O6S/c31-22-9-6-19(7-10-22)16-32-29(37)25-14-20-3-1-4-23(13-20)41-27-15-21(8-11-26(27)35(39)40)30(38)34(18-28(36)33-25)17-24-5-2-12-42-24/h1-13,15,25H,14,16-18H2,(H,32,37)(H,33,36). The normalized spacial score (nSPS) is 15.3. The van der Waals surface area contributed by atoms with Crippen molar-refractivity contribution in [3.05, 3.63) is 121 Å². The minimum absolute atomic E-state index is 0.108. The SMILES string of the molecule is O=C1CN(Cc2cccs2)C(=O)c2ccc([N+](=O)[O-])c(c2)Oc2cccc(c2)CC(C(=O)NCc2ccc(Cl)cc2)N1. The molecular formula is C30H25ClN4O6S. The van der Waals surface area contributed by atoms with Crippen LogP contribution in [0.1, 0.15) is 26.4 Å². The molecule has 2 heterocycles. The van der Waals surface area contributed by atoms with Gasteiger partial charge in [-0.25, -0.2) is 0 Å². The molecule has 3 aromatic carbocycles. The van der Waals surface area contributed by atoms with Gasteiger partial charge in [-0.1, -0.05) is 41.9 Å². The van der Waals surface area contributed by atoms with E-state index in [0.717, 1.165) is 10.4 Å². The number of ether oxygens (including phenoxy) is 1. The number of rotatable bonds is 6. The molecular weight excluding hydrogens is 580 g/mol. The predicted octanol–water partition coefficient (Wildman–Crippen LogP) is 5.10. The van der Waals surface area contributed by atoms with Crippen LogP contribution < -0.4 is 15.4 Å². The lowest BCUT2D eigenvalue weighted by Crippen LogP contribution is -2.51. The first kappa shape index (κ1) is 28.8. The van der Waals surface area contributed by atoms with Crippen molar-refractivity contribution in [2.75, 3.05) is 6.54 Å². The van der Waals surface area contributed by atoms with Crippen molar-refractivity contribution in [1.82, 2.24) is 15.5 Å². The Morgan fingerprint density at radius 1 is 1.10 bits per heavy atom. The zero-order chi connectivity index (χ0) is 29.6. The third-order valence-electron chi connectivity index (χ3n) is 6.55. The van der Waals surface area contributed by atoms with Crippen LogP contribution in [0.4, 0.5) is 5.69 Å². The Kier molecular flexibility index (Phi) is 8.80. The van der Waals surface area contributed by atoms with Crippen LogP contribution in [0.25, 0.3) is 0 Å². The predicted molar refractivity (Wildman–Crippen MR) is 158 cm³/mol. The van der Waals surface area contributed by atoms with Gasteiger partial charge in [0.1, 0.15) is 18.3 Å². The molecule has 4 bridgehead atoms. The number of benzene rings is 3. The number of hydrogen-bond acceptors (Lipinski definition) is 7. The van der Waals surface area contributed by atoms with Crippen LogP contribution in [0, 0.1) is 10.1 Å². The van der Waals surface area contributed by atoms with E-state index in [0.29, 0.717) is 10.6 Å². The van der Waals surface area contributed by atoms with Gasteiger partial charge >= 0.3 is 5.69 Å². The number of thiophene rings is 1. The number of fused-ring (bicyclic) bond motifs is 4. The summed E-state index contributed by atoms with van der Waals surface area (Å²) in [6.45, 7) is 0.00130. The lowest BCUT2D eigenvalue weighted by atomic mass is 10.0. The molecule has 1 unspecified atom stereocenters. The van der Waals surface area contributed by atoms with E-state index < -0.39 is 28.7 Å². The molecule has 1 aromatic heterocycles. The van der Waals surface area contributed by atoms with Gasteiger partial charge in [-0.3, -0.25) is 24.5 Å². The first-order valence-corrected chi connectivity index (χ1v) is 14.2. The molecule has 0 spiro atoms. The number of amides is 3. The molecule has 2 N–H and O–H groups in total. The Morgan fingerprint density at radius 3 is 2.64 bits per heavy atom. The van der Waals surface area contributed by atoms with Crippen LogP contribution in [0.15, 0.2) is 84.2 Å². The van der Waals surface area contributed by atoms with E-state index >= 15 is 0 Å². The average Bonchev–Trinajstić information content (AvgIpc) is 3.48. The third-order valence-corrected chi connectivity index (χ3v) is 7.66. The Labute approximate surface area is 250 Å². The van der Waals surface area contributed by atoms with Crippen LogP contribution in [-0.4, -0.2) is 40.1 Å². The van der Waals surface area contributed by atoms with Gasteiger partial charge in [0.15, 0.2) is 0 Å². The number of carbonyl (C=O) groups is 3. The number of nitro groups is 1. The van der Waals surface area contributed by atoms with E-state index in [1.165, 1.54) is 34.4 Å². The molecule has 10 nitrogen and oxygen atoms in total. The highest BCUT2D eigenvalue weighted by Gasteiger charge is 2.27. The smallest absolute Gasteiger partial charge is 0.311 e. The second-order valence-electron chi connectivity index (χ2n) is 9.60. The van der Waals surface area contributed by atoms with Crippen LogP contribution in [0.5, 0.6) is 11.5 Å². The maximum absolute atomic E-state index is 13.6. The number of carbonyl (C=O) groups excluding carboxylic acids is 3. The summed E-state index contributed by atoms with van der Waals surface area (Å²) in [5, 5.41) is 19.8. The Morgan fingerprint density at radius 2 is 1.90 bits per heavy atom. The first-order chi connectivity index (χ1) is 20.2. The van der Waals surface area contributed by atoms with Crippen LogP contribution >= 0.6 is 22.9 Å². The fourth-order valence-corrected chi connectivity index (χ4v) is 5.33. The molecule has 214 valence electrons. The molecule has 0 saturated carbocycles. The minimum atomic E-state index is -0.978. The Hall–Kier alpha value is -4.74. The van der Waals surface area contributed by atoms with Crippen LogP contribution in [0.3, 0.4) is 0 Å². The average molecular weight is 605 g/mol. The van der Waals surface area contributed by atoms with Crippen molar-refractivity contribution in [2.24, 2.45) is 0 Å². The summed E-state index contributed by atoms with van der Waals surface area (Å²) in [6.07, 6.45) is 0.108. The molecule has 4 aromatic rings. The Balaban J connectivity index is 1.49. The van der Waals surface area contributed by atoms with Gasteiger partial charge in [0.2, 0.25) is 17.6 Å². The molecule has 0 fully saturated rings. The van der Waals surface area contributed by atoms with E-state index in [1.807, 2.05) is 17.5 Å². The van der Waals surface area contributed by atoms with Gasteiger partial charge < -0.3 is 20.3 Å². The summed E-state index contributed by atoms with van der Waals surface area (Å²) in [4.78, 5) is 53.6. The van der Waals surface area contributed by atoms with Gasteiger partial charge in [-0.2, -0.15) is 0 Å². The van der Waals surface area contributed by atoms with E-state index in [2.05, 4.69) is 10.6 Å². The van der Waals surface area contributed by atoms with Crippen molar-refractivity contribution in [2.45, 2.75) is 25.6 Å². The highest BCUT2D eigenvalue weighted by Crippen LogP contribution is 2.33. The molecule has 1 aliphatic heterocycles. The molecule has 42 heavy (non-hydrogen) atoms. The summed E-state index contributed by atoms with van der Waals surface area (Å²) in [7, 11) is 0. The summed E-state index contributed by atoms with van der Waals surface area (Å²) >= 11 is 7.38. The van der Waals surface area contributed by atoms with Crippen LogP contribution in [-0.2, 0) is 29.1 Å². The number of nitrogens with one attached hydrogen (secondary N) is 2. The second-order valence-corrected chi connectivity index (χ2v) is 11.1. The largest absolute Gasteiger partial charge is 0.450 e. The first-order valence-electron chi connectivity index (χ1n) is 12.9. The van der Waals surface area contributed by atoms with Gasteiger partial charge in [-0.05, 0) is 52.9 Å². The maximum atomic E-state index is 13.6. The van der Waals surface area contributed by atoms with E-state index in [4.69, 9.17) is 16.3 Å². The maximum Gasteiger partial charge on any atom is 0.311 e. The number of nitrogens with zero attached hydrogens (tertiary/aromatic N) is 2. The number of hydrogen-bond donors (Lipinski definition) is 2. The van der Waals surface area contributed by atoms with Crippen molar-refractivity contribution in [3.63, 3.8) is 0 Å². The topological polar surface area (TPSA) is 131 Å². The van der Waals surface area contributed by atoms with Crippen molar-refractivity contribution < 1.29 is 24.0 Å². The molecule has 3 amide bonds.